The molecule has 3 aromatic carbocycles. The van der Waals surface area contributed by atoms with Gasteiger partial charge in [-0.25, -0.2) is 4.39 Å². The van der Waals surface area contributed by atoms with Crippen molar-refractivity contribution in [1.29, 1.82) is 0 Å². The van der Waals surface area contributed by atoms with Gasteiger partial charge in [0, 0.05) is 12.1 Å². The lowest BCUT2D eigenvalue weighted by Gasteiger charge is -2.26. The van der Waals surface area contributed by atoms with Crippen LogP contribution < -0.4 is 9.47 Å². The molecule has 0 radical (unpaired) electrons. The van der Waals surface area contributed by atoms with E-state index >= 15 is 0 Å². The van der Waals surface area contributed by atoms with Gasteiger partial charge in [-0.05, 0) is 60.4 Å². The third kappa shape index (κ3) is 5.66. The molecule has 1 amide bonds. The van der Waals surface area contributed by atoms with E-state index in [1.54, 1.807) is 18.2 Å². The topological polar surface area (TPSA) is 76.1 Å². The SMILES string of the molecule is CCCCOc1ccc(C2C(=C(O)c3ccc(F)cc3)C(=O)C(=O)N2CCc2ccccc2)cc1OC. The quantitative estimate of drug-likeness (QED) is 0.167. The summed E-state index contributed by atoms with van der Waals surface area (Å²) >= 11 is 0. The minimum atomic E-state index is -0.854. The van der Waals surface area contributed by atoms with Gasteiger partial charge in [0.15, 0.2) is 11.5 Å². The van der Waals surface area contributed by atoms with Gasteiger partial charge in [-0.15, -0.1) is 0 Å². The maximum Gasteiger partial charge on any atom is 0.295 e. The van der Waals surface area contributed by atoms with Crippen LogP contribution in [-0.2, 0) is 16.0 Å². The van der Waals surface area contributed by atoms with Crippen LogP contribution in [0, 0.1) is 5.82 Å². The molecule has 1 fully saturated rings. The van der Waals surface area contributed by atoms with E-state index in [2.05, 4.69) is 6.92 Å². The molecular formula is C30H30FNO5. The Balaban J connectivity index is 1.77. The molecule has 37 heavy (non-hydrogen) atoms. The van der Waals surface area contributed by atoms with Gasteiger partial charge in [0.25, 0.3) is 11.7 Å². The molecule has 0 aliphatic carbocycles. The first-order valence-electron chi connectivity index (χ1n) is 12.3. The number of methoxy groups -OCH3 is 1. The molecule has 4 rings (SSSR count). The number of nitrogens with zero attached hydrogens (tertiary/aromatic N) is 1. The molecule has 192 valence electrons. The highest BCUT2D eigenvalue weighted by Crippen LogP contribution is 2.42. The lowest BCUT2D eigenvalue weighted by atomic mass is 9.94. The Labute approximate surface area is 215 Å². The first kappa shape index (κ1) is 25.9. The summed E-state index contributed by atoms with van der Waals surface area (Å²) in [6, 6.07) is 19.2. The van der Waals surface area contributed by atoms with Crippen molar-refractivity contribution in [3.8, 4) is 11.5 Å². The highest BCUT2D eigenvalue weighted by atomic mass is 19.1. The van der Waals surface area contributed by atoms with Crippen LogP contribution in [0.2, 0.25) is 0 Å². The first-order chi connectivity index (χ1) is 17.9. The fraction of sp³-hybridized carbons (Fsp3) is 0.267. The highest BCUT2D eigenvalue weighted by Gasteiger charge is 2.46. The summed E-state index contributed by atoms with van der Waals surface area (Å²) in [5.74, 6) is -1.30. The maximum atomic E-state index is 13.5. The van der Waals surface area contributed by atoms with E-state index < -0.39 is 23.5 Å². The van der Waals surface area contributed by atoms with Gasteiger partial charge in [-0.2, -0.15) is 0 Å². The molecule has 1 unspecified atom stereocenters. The third-order valence-electron chi connectivity index (χ3n) is 6.40. The number of aliphatic hydroxyl groups excluding tert-OH is 1. The van der Waals surface area contributed by atoms with Crippen molar-refractivity contribution in [3.05, 3.63) is 101 Å². The number of carbonyl (C=O) groups excluding carboxylic acids is 2. The lowest BCUT2D eigenvalue weighted by Crippen LogP contribution is -2.31. The predicted octanol–water partition coefficient (Wildman–Crippen LogP) is 5.68. The Kier molecular flexibility index (Phi) is 8.23. The number of halogens is 1. The summed E-state index contributed by atoms with van der Waals surface area (Å²) in [6.07, 6.45) is 2.40. The zero-order valence-electron chi connectivity index (χ0n) is 20.9. The number of likely N-dealkylation sites (tertiary alicyclic amines) is 1. The first-order valence-corrected chi connectivity index (χ1v) is 12.3. The summed E-state index contributed by atoms with van der Waals surface area (Å²) in [7, 11) is 1.52. The van der Waals surface area contributed by atoms with Crippen LogP contribution in [0.15, 0.2) is 78.4 Å². The monoisotopic (exact) mass is 503 g/mol. The minimum absolute atomic E-state index is 0.0497. The van der Waals surface area contributed by atoms with Crippen LogP contribution in [0.5, 0.6) is 11.5 Å². The fourth-order valence-electron chi connectivity index (χ4n) is 4.41. The van der Waals surface area contributed by atoms with Crippen LogP contribution in [0.25, 0.3) is 5.76 Å². The van der Waals surface area contributed by atoms with E-state index in [0.717, 1.165) is 18.4 Å². The van der Waals surface area contributed by atoms with Crippen LogP contribution >= 0.6 is 0 Å². The molecule has 3 aromatic rings. The Morgan fingerprint density at radius 1 is 1.00 bits per heavy atom. The molecule has 1 N–H and O–H groups in total. The van der Waals surface area contributed by atoms with E-state index in [9.17, 15) is 19.1 Å². The number of aliphatic hydroxyl groups is 1. The Morgan fingerprint density at radius 2 is 1.73 bits per heavy atom. The lowest BCUT2D eigenvalue weighted by molar-refractivity contribution is -0.139. The van der Waals surface area contributed by atoms with Crippen LogP contribution in [0.1, 0.15) is 42.5 Å². The van der Waals surface area contributed by atoms with Crippen molar-refractivity contribution in [2.24, 2.45) is 0 Å². The van der Waals surface area contributed by atoms with Gasteiger partial charge in [0.1, 0.15) is 11.6 Å². The maximum absolute atomic E-state index is 13.5. The van der Waals surface area contributed by atoms with Crippen molar-refractivity contribution in [2.45, 2.75) is 32.2 Å². The van der Waals surface area contributed by atoms with Gasteiger partial charge in [-0.3, -0.25) is 9.59 Å². The molecule has 0 saturated carbocycles. The van der Waals surface area contributed by atoms with Gasteiger partial charge in [-0.1, -0.05) is 49.7 Å². The fourth-order valence-corrected chi connectivity index (χ4v) is 4.41. The number of unbranched alkanes of at least 4 members (excludes halogenated alkanes) is 1. The Morgan fingerprint density at radius 3 is 2.41 bits per heavy atom. The number of rotatable bonds is 10. The number of carbonyl (C=O) groups is 2. The van der Waals surface area contributed by atoms with Crippen molar-refractivity contribution in [3.63, 3.8) is 0 Å². The van der Waals surface area contributed by atoms with Crippen molar-refractivity contribution in [2.75, 3.05) is 20.3 Å². The van der Waals surface area contributed by atoms with Crippen molar-refractivity contribution in [1.82, 2.24) is 4.90 Å². The molecule has 6 nitrogen and oxygen atoms in total. The average Bonchev–Trinajstić information content (AvgIpc) is 3.17. The molecule has 1 aliphatic rings. The molecule has 0 bridgehead atoms. The minimum Gasteiger partial charge on any atom is -0.507 e. The summed E-state index contributed by atoms with van der Waals surface area (Å²) in [4.78, 5) is 27.9. The van der Waals surface area contributed by atoms with Crippen LogP contribution in [-0.4, -0.2) is 42.0 Å². The molecule has 1 heterocycles. The molecular weight excluding hydrogens is 473 g/mol. The summed E-state index contributed by atoms with van der Waals surface area (Å²) < 4.78 is 24.9. The molecule has 0 spiro atoms. The summed E-state index contributed by atoms with van der Waals surface area (Å²) in [6.45, 7) is 2.87. The van der Waals surface area contributed by atoms with Crippen LogP contribution in [0.4, 0.5) is 4.39 Å². The number of ketones is 1. The largest absolute Gasteiger partial charge is 0.507 e. The van der Waals surface area contributed by atoms with Gasteiger partial charge >= 0.3 is 0 Å². The zero-order valence-corrected chi connectivity index (χ0v) is 20.9. The number of hydrogen-bond acceptors (Lipinski definition) is 5. The van der Waals surface area contributed by atoms with Crippen LogP contribution in [0.3, 0.4) is 0 Å². The second kappa shape index (κ2) is 11.7. The third-order valence-corrected chi connectivity index (χ3v) is 6.40. The molecule has 0 aromatic heterocycles. The number of Topliss-reactive ketones (excluding diaryl/α,β-unsaturated/α-hetero) is 1. The normalized spacial score (nSPS) is 16.7. The molecule has 1 atom stereocenters. The van der Waals surface area contributed by atoms with E-state index in [1.807, 2.05) is 30.3 Å². The Hall–Kier alpha value is -4.13. The number of ether oxygens (including phenoxy) is 2. The number of benzene rings is 3. The summed E-state index contributed by atoms with van der Waals surface area (Å²) in [5, 5.41) is 11.2. The molecule has 1 saturated heterocycles. The Bertz CT molecular complexity index is 1290. The predicted molar refractivity (Wildman–Crippen MR) is 139 cm³/mol. The van der Waals surface area contributed by atoms with E-state index in [0.29, 0.717) is 30.1 Å². The molecule has 1 aliphatic heterocycles. The van der Waals surface area contributed by atoms with E-state index in [-0.39, 0.29) is 23.4 Å². The van der Waals surface area contributed by atoms with Gasteiger partial charge in [0.05, 0.1) is 25.3 Å². The van der Waals surface area contributed by atoms with Crippen molar-refractivity contribution < 1.29 is 28.6 Å². The number of amides is 1. The second-order valence-electron chi connectivity index (χ2n) is 8.85. The van der Waals surface area contributed by atoms with E-state index in [1.165, 1.54) is 36.3 Å². The highest BCUT2D eigenvalue weighted by molar-refractivity contribution is 6.46. The van der Waals surface area contributed by atoms with E-state index in [4.69, 9.17) is 9.47 Å². The van der Waals surface area contributed by atoms with Crippen molar-refractivity contribution >= 4 is 17.4 Å². The van der Waals surface area contributed by atoms with Gasteiger partial charge in [0.2, 0.25) is 0 Å². The zero-order chi connectivity index (χ0) is 26.4. The second-order valence-corrected chi connectivity index (χ2v) is 8.85. The summed E-state index contributed by atoms with van der Waals surface area (Å²) in [5.41, 5.74) is 1.81. The molecule has 7 heteroatoms. The number of hydrogen-bond donors (Lipinski definition) is 1. The van der Waals surface area contributed by atoms with Gasteiger partial charge < -0.3 is 19.5 Å². The smallest absolute Gasteiger partial charge is 0.295 e. The standard InChI is InChI=1S/C30H30FNO5/c1-3-4-18-37-24-15-12-22(19-25(24)36-2)27-26(28(33)21-10-13-23(31)14-11-21)29(34)30(35)32(27)17-16-20-8-6-5-7-9-20/h5-15,19,27,33H,3-4,16-18H2,1-2H3. The average molecular weight is 504 g/mol.